The van der Waals surface area contributed by atoms with Crippen LogP contribution in [0.25, 0.3) is 17.1 Å². The highest BCUT2D eigenvalue weighted by Crippen LogP contribution is 2.33. The van der Waals surface area contributed by atoms with Crippen LogP contribution in [0.4, 0.5) is 10.1 Å². The highest BCUT2D eigenvalue weighted by atomic mass is 32.2. The Kier molecular flexibility index (Phi) is 6.84. The van der Waals surface area contributed by atoms with Crippen LogP contribution in [0.2, 0.25) is 0 Å². The fraction of sp³-hybridized carbons (Fsp3) is 0.200. The highest BCUT2D eigenvalue weighted by Gasteiger charge is 2.23. The Hall–Kier alpha value is -3.52. The average molecular weight is 462 g/mol. The summed E-state index contributed by atoms with van der Waals surface area (Å²) in [6.45, 7) is 6.06. The van der Waals surface area contributed by atoms with Crippen molar-refractivity contribution in [1.29, 1.82) is 0 Å². The number of pyridine rings is 1. The number of para-hydroxylation sites is 1. The molecule has 4 rings (SSSR count). The highest BCUT2D eigenvalue weighted by molar-refractivity contribution is 8.00. The Balaban J connectivity index is 1.70. The molecule has 33 heavy (non-hydrogen) atoms. The van der Waals surface area contributed by atoms with Crippen molar-refractivity contribution in [3.63, 3.8) is 0 Å². The topological polar surface area (TPSA) is 72.7 Å². The lowest BCUT2D eigenvalue weighted by atomic mass is 10.0. The number of benzene rings is 2. The molecule has 0 aliphatic carbocycles. The lowest BCUT2D eigenvalue weighted by Crippen LogP contribution is -2.23. The number of hydrogen-bond donors (Lipinski definition) is 1. The SMILES string of the molecule is CC(Sc1nnc(-c2cccnc2)n1-c1ccccc1C(C)C)C(=O)Nc1cccc(F)c1. The fourth-order valence-corrected chi connectivity index (χ4v) is 4.31. The zero-order chi connectivity index (χ0) is 23.4. The summed E-state index contributed by atoms with van der Waals surface area (Å²) >= 11 is 1.30. The molecule has 6 nitrogen and oxygen atoms in total. The minimum Gasteiger partial charge on any atom is -0.325 e. The maximum absolute atomic E-state index is 13.5. The van der Waals surface area contributed by atoms with E-state index in [4.69, 9.17) is 0 Å². The van der Waals surface area contributed by atoms with Gasteiger partial charge in [0.25, 0.3) is 0 Å². The molecule has 2 heterocycles. The maximum Gasteiger partial charge on any atom is 0.237 e. The van der Waals surface area contributed by atoms with Gasteiger partial charge >= 0.3 is 0 Å². The first-order valence-corrected chi connectivity index (χ1v) is 11.5. The minimum absolute atomic E-state index is 0.250. The number of carbonyl (C=O) groups is 1. The molecule has 0 saturated heterocycles. The van der Waals surface area contributed by atoms with Crippen LogP contribution in [0.3, 0.4) is 0 Å². The van der Waals surface area contributed by atoms with Gasteiger partial charge in [0.15, 0.2) is 11.0 Å². The van der Waals surface area contributed by atoms with Gasteiger partial charge < -0.3 is 5.32 Å². The number of carbonyl (C=O) groups excluding carboxylic acids is 1. The predicted molar refractivity (Wildman–Crippen MR) is 129 cm³/mol. The second-order valence-electron chi connectivity index (χ2n) is 7.86. The van der Waals surface area contributed by atoms with Crippen molar-refractivity contribution in [3.05, 3.63) is 84.4 Å². The van der Waals surface area contributed by atoms with Crippen LogP contribution in [0, 0.1) is 5.82 Å². The molecule has 2 aromatic heterocycles. The van der Waals surface area contributed by atoms with Gasteiger partial charge in [0.1, 0.15) is 5.82 Å². The van der Waals surface area contributed by atoms with Gasteiger partial charge in [0.2, 0.25) is 5.91 Å². The van der Waals surface area contributed by atoms with Crippen molar-refractivity contribution in [2.75, 3.05) is 5.32 Å². The zero-order valence-corrected chi connectivity index (χ0v) is 19.4. The smallest absolute Gasteiger partial charge is 0.237 e. The van der Waals surface area contributed by atoms with Crippen molar-refractivity contribution >= 4 is 23.4 Å². The summed E-state index contributed by atoms with van der Waals surface area (Å²) in [4.78, 5) is 17.0. The van der Waals surface area contributed by atoms with Gasteiger partial charge in [0.05, 0.1) is 10.9 Å². The van der Waals surface area contributed by atoms with Gasteiger partial charge in [-0.1, -0.05) is 49.9 Å². The van der Waals surface area contributed by atoms with Crippen molar-refractivity contribution in [3.8, 4) is 17.1 Å². The largest absolute Gasteiger partial charge is 0.325 e. The summed E-state index contributed by atoms with van der Waals surface area (Å²) in [7, 11) is 0. The molecule has 0 spiro atoms. The lowest BCUT2D eigenvalue weighted by Gasteiger charge is -2.18. The van der Waals surface area contributed by atoms with Crippen molar-refractivity contribution in [2.24, 2.45) is 0 Å². The number of nitrogens with zero attached hydrogens (tertiary/aromatic N) is 4. The summed E-state index contributed by atoms with van der Waals surface area (Å²) in [5, 5.41) is 11.7. The fourth-order valence-electron chi connectivity index (χ4n) is 3.45. The normalized spacial score (nSPS) is 12.0. The third-order valence-corrected chi connectivity index (χ3v) is 6.14. The Labute approximate surface area is 196 Å². The summed E-state index contributed by atoms with van der Waals surface area (Å²) in [6, 6.07) is 17.7. The molecule has 0 aliphatic heterocycles. The van der Waals surface area contributed by atoms with E-state index in [1.165, 1.54) is 23.9 Å². The third-order valence-electron chi connectivity index (χ3n) is 5.10. The molecule has 168 valence electrons. The Morgan fingerprint density at radius 3 is 2.58 bits per heavy atom. The minimum atomic E-state index is -0.496. The molecular formula is C25H24FN5OS. The van der Waals surface area contributed by atoms with Crippen LogP contribution < -0.4 is 5.32 Å². The molecule has 1 atom stereocenters. The average Bonchev–Trinajstić information content (AvgIpc) is 3.22. The standard InChI is InChI=1S/C25H24FN5OS/c1-16(2)21-11-4-5-12-22(21)31-23(18-8-7-13-27-15-18)29-30-25(31)33-17(3)24(32)28-20-10-6-9-19(26)14-20/h4-17H,1-3H3,(H,28,32). The molecule has 1 unspecified atom stereocenters. The van der Waals surface area contributed by atoms with Gasteiger partial charge in [-0.25, -0.2) is 4.39 Å². The molecule has 0 aliphatic rings. The number of rotatable bonds is 7. The number of halogens is 1. The number of amides is 1. The van der Waals surface area contributed by atoms with Gasteiger partial charge in [-0.2, -0.15) is 0 Å². The van der Waals surface area contributed by atoms with Crippen molar-refractivity contribution in [2.45, 2.75) is 37.1 Å². The van der Waals surface area contributed by atoms with E-state index in [0.29, 0.717) is 16.7 Å². The van der Waals surface area contributed by atoms with Crippen LogP contribution in [0.5, 0.6) is 0 Å². The van der Waals surface area contributed by atoms with Gasteiger partial charge in [-0.05, 0) is 54.8 Å². The number of aromatic nitrogens is 4. The van der Waals surface area contributed by atoms with Crippen molar-refractivity contribution in [1.82, 2.24) is 19.7 Å². The van der Waals surface area contributed by atoms with Gasteiger partial charge in [0, 0.05) is 23.6 Å². The summed E-state index contributed by atoms with van der Waals surface area (Å²) < 4.78 is 15.5. The predicted octanol–water partition coefficient (Wildman–Crippen LogP) is 5.71. The Bertz CT molecular complexity index is 1260. The second kappa shape index (κ2) is 9.95. The Morgan fingerprint density at radius 2 is 1.85 bits per heavy atom. The van der Waals surface area contributed by atoms with Crippen LogP contribution in [0.1, 0.15) is 32.3 Å². The van der Waals surface area contributed by atoms with E-state index in [1.807, 2.05) is 34.9 Å². The van der Waals surface area contributed by atoms with Gasteiger partial charge in [-0.15, -0.1) is 10.2 Å². The van der Waals surface area contributed by atoms with E-state index in [2.05, 4.69) is 40.4 Å². The van der Waals surface area contributed by atoms with E-state index in [9.17, 15) is 9.18 Å². The molecule has 1 N–H and O–H groups in total. The maximum atomic E-state index is 13.5. The van der Waals surface area contributed by atoms with Gasteiger partial charge in [-0.3, -0.25) is 14.3 Å². The second-order valence-corrected chi connectivity index (χ2v) is 9.16. The molecule has 8 heteroatoms. The molecule has 2 aromatic carbocycles. The Morgan fingerprint density at radius 1 is 1.03 bits per heavy atom. The third kappa shape index (κ3) is 5.12. The zero-order valence-electron chi connectivity index (χ0n) is 18.6. The molecule has 1 amide bonds. The van der Waals surface area contributed by atoms with Crippen LogP contribution in [0.15, 0.2) is 78.2 Å². The number of thioether (sulfide) groups is 1. The summed E-state index contributed by atoms with van der Waals surface area (Å²) in [6.07, 6.45) is 3.45. The first-order valence-electron chi connectivity index (χ1n) is 10.6. The number of nitrogens with one attached hydrogen (secondary N) is 1. The summed E-state index contributed by atoms with van der Waals surface area (Å²) in [5.74, 6) is 0.271. The summed E-state index contributed by atoms with van der Waals surface area (Å²) in [5.41, 5.74) is 3.33. The first kappa shape index (κ1) is 22.7. The van der Waals surface area contributed by atoms with Crippen LogP contribution >= 0.6 is 11.8 Å². The number of anilines is 1. The number of hydrogen-bond acceptors (Lipinski definition) is 5. The molecule has 0 fully saturated rings. The molecular weight excluding hydrogens is 437 g/mol. The van der Waals surface area contributed by atoms with Crippen molar-refractivity contribution < 1.29 is 9.18 Å². The van der Waals surface area contributed by atoms with E-state index >= 15 is 0 Å². The molecule has 0 radical (unpaired) electrons. The van der Waals surface area contributed by atoms with Crippen LogP contribution in [-0.2, 0) is 4.79 Å². The van der Waals surface area contributed by atoms with E-state index < -0.39 is 11.1 Å². The van der Waals surface area contributed by atoms with Crippen LogP contribution in [-0.4, -0.2) is 30.9 Å². The monoisotopic (exact) mass is 461 g/mol. The molecule has 0 bridgehead atoms. The molecule has 4 aromatic rings. The quantitative estimate of drug-likeness (QED) is 0.357. The van der Waals surface area contributed by atoms with E-state index in [1.54, 1.807) is 31.5 Å². The lowest BCUT2D eigenvalue weighted by molar-refractivity contribution is -0.115. The van der Waals surface area contributed by atoms with E-state index in [-0.39, 0.29) is 11.8 Å². The first-order chi connectivity index (χ1) is 15.9. The van der Waals surface area contributed by atoms with E-state index in [0.717, 1.165) is 16.8 Å². The molecule has 0 saturated carbocycles.